The maximum absolute atomic E-state index is 10.0. The molecule has 0 spiro atoms. The maximum Gasteiger partial charge on any atom is 0.163 e. The predicted octanol–water partition coefficient (Wildman–Crippen LogP) is 4.35. The van der Waals surface area contributed by atoms with E-state index in [1.54, 1.807) is 24.3 Å². The molecule has 26 heavy (non-hydrogen) atoms. The molecule has 0 aliphatic carbocycles. The van der Waals surface area contributed by atoms with Crippen LogP contribution in [0.1, 0.15) is 12.5 Å². The van der Waals surface area contributed by atoms with Gasteiger partial charge in [-0.05, 0) is 19.1 Å². The van der Waals surface area contributed by atoms with E-state index in [0.29, 0.717) is 34.7 Å². The largest absolute Gasteiger partial charge is 0.507 e. The highest BCUT2D eigenvalue weighted by Gasteiger charge is 2.05. The van der Waals surface area contributed by atoms with Crippen molar-refractivity contribution < 1.29 is 9.84 Å². The summed E-state index contributed by atoms with van der Waals surface area (Å²) < 4.78 is 5.33. The molecule has 0 aliphatic heterocycles. The summed E-state index contributed by atoms with van der Waals surface area (Å²) in [5.41, 5.74) is 4.20. The molecule has 0 atom stereocenters. The number of nitrogens with one attached hydrogen (secondary N) is 1. The van der Waals surface area contributed by atoms with Gasteiger partial charge in [0.05, 0.1) is 12.8 Å². The lowest BCUT2D eigenvalue weighted by Crippen LogP contribution is -1.98. The second-order valence-electron chi connectivity index (χ2n) is 5.29. The van der Waals surface area contributed by atoms with Crippen molar-refractivity contribution >= 4 is 23.6 Å². The number of rotatable bonds is 6. The molecule has 7 heteroatoms. The van der Waals surface area contributed by atoms with Crippen molar-refractivity contribution in [1.29, 1.82) is 0 Å². The number of ether oxygens (including phenoxy) is 1. The monoisotopic (exact) mass is 368 g/mol. The smallest absolute Gasteiger partial charge is 0.163 e. The van der Waals surface area contributed by atoms with Crippen molar-refractivity contribution in [3.63, 3.8) is 0 Å². The SMILES string of the molecule is CCOc1ccc(/C=N/Nc2cc(Cl)nc(-c3ccccc3)n2)c(O)c1. The highest BCUT2D eigenvalue weighted by atomic mass is 35.5. The topological polar surface area (TPSA) is 79.6 Å². The number of phenols is 1. The van der Waals surface area contributed by atoms with Crippen molar-refractivity contribution in [3.05, 3.63) is 65.3 Å². The molecular formula is C19H17ClN4O2. The molecule has 0 radical (unpaired) electrons. The highest BCUT2D eigenvalue weighted by molar-refractivity contribution is 6.29. The number of anilines is 1. The molecule has 0 unspecified atom stereocenters. The zero-order valence-corrected chi connectivity index (χ0v) is 14.8. The van der Waals surface area contributed by atoms with Gasteiger partial charge in [0.15, 0.2) is 11.6 Å². The van der Waals surface area contributed by atoms with E-state index in [-0.39, 0.29) is 5.75 Å². The Morgan fingerprint density at radius 2 is 1.96 bits per heavy atom. The Kier molecular flexibility index (Phi) is 5.66. The minimum Gasteiger partial charge on any atom is -0.507 e. The standard InChI is InChI=1S/C19H17ClN4O2/c1-2-26-15-9-8-14(16(25)10-15)12-21-24-18-11-17(20)22-19(23-18)13-6-4-3-5-7-13/h3-12,25H,2H2,1H3,(H,22,23,24)/b21-12+. The van der Waals surface area contributed by atoms with E-state index < -0.39 is 0 Å². The summed E-state index contributed by atoms with van der Waals surface area (Å²) in [5.74, 6) is 1.63. The number of hydrogen-bond acceptors (Lipinski definition) is 6. The van der Waals surface area contributed by atoms with Gasteiger partial charge in [-0.25, -0.2) is 9.97 Å². The third-order valence-electron chi connectivity index (χ3n) is 3.42. The first-order valence-corrected chi connectivity index (χ1v) is 8.38. The predicted molar refractivity (Wildman–Crippen MR) is 103 cm³/mol. The molecule has 0 bridgehead atoms. The van der Waals surface area contributed by atoms with Crippen LogP contribution in [0.25, 0.3) is 11.4 Å². The summed E-state index contributed by atoms with van der Waals surface area (Å²) in [5, 5.41) is 14.4. The Balaban J connectivity index is 1.75. The van der Waals surface area contributed by atoms with Crippen LogP contribution in [-0.4, -0.2) is 27.9 Å². The Bertz CT molecular complexity index is 917. The van der Waals surface area contributed by atoms with E-state index in [0.717, 1.165) is 5.56 Å². The first-order chi connectivity index (χ1) is 12.7. The molecule has 2 N–H and O–H groups in total. The molecule has 6 nitrogen and oxygen atoms in total. The van der Waals surface area contributed by atoms with Gasteiger partial charge in [0.2, 0.25) is 0 Å². The Labute approximate surface area is 156 Å². The zero-order valence-electron chi connectivity index (χ0n) is 14.1. The molecule has 3 aromatic rings. The molecule has 0 aliphatic rings. The van der Waals surface area contributed by atoms with Crippen LogP contribution >= 0.6 is 11.6 Å². The number of benzene rings is 2. The number of hydrazone groups is 1. The maximum atomic E-state index is 10.0. The fraction of sp³-hybridized carbons (Fsp3) is 0.105. The van der Waals surface area contributed by atoms with Crippen LogP contribution < -0.4 is 10.2 Å². The van der Waals surface area contributed by atoms with Gasteiger partial charge >= 0.3 is 0 Å². The fourth-order valence-electron chi connectivity index (χ4n) is 2.25. The highest BCUT2D eigenvalue weighted by Crippen LogP contribution is 2.23. The average molecular weight is 369 g/mol. The van der Waals surface area contributed by atoms with Crippen LogP contribution in [0.5, 0.6) is 11.5 Å². The lowest BCUT2D eigenvalue weighted by molar-refractivity contribution is 0.337. The molecule has 0 amide bonds. The number of nitrogens with zero attached hydrogens (tertiary/aromatic N) is 3. The summed E-state index contributed by atoms with van der Waals surface area (Å²) in [4.78, 5) is 8.61. The Hall–Kier alpha value is -3.12. The van der Waals surface area contributed by atoms with Gasteiger partial charge in [0.1, 0.15) is 16.7 Å². The van der Waals surface area contributed by atoms with Gasteiger partial charge < -0.3 is 9.84 Å². The zero-order chi connectivity index (χ0) is 18.4. The minimum absolute atomic E-state index is 0.0761. The molecule has 1 aromatic heterocycles. The summed E-state index contributed by atoms with van der Waals surface area (Å²) in [6, 6.07) is 16.1. The van der Waals surface area contributed by atoms with Crippen molar-refractivity contribution in [2.75, 3.05) is 12.0 Å². The van der Waals surface area contributed by atoms with Crippen molar-refractivity contribution in [3.8, 4) is 22.9 Å². The third kappa shape index (κ3) is 4.49. The lowest BCUT2D eigenvalue weighted by atomic mass is 10.2. The second-order valence-corrected chi connectivity index (χ2v) is 5.68. The van der Waals surface area contributed by atoms with Crippen LogP contribution in [0.2, 0.25) is 5.15 Å². The minimum atomic E-state index is 0.0761. The van der Waals surface area contributed by atoms with Gasteiger partial charge in [-0.3, -0.25) is 5.43 Å². The van der Waals surface area contributed by atoms with Gasteiger partial charge in [0, 0.05) is 23.3 Å². The molecule has 2 aromatic carbocycles. The number of phenolic OH excluding ortho intramolecular Hbond substituents is 1. The first-order valence-electron chi connectivity index (χ1n) is 8.00. The normalized spacial score (nSPS) is 10.8. The van der Waals surface area contributed by atoms with Crippen molar-refractivity contribution in [2.45, 2.75) is 6.92 Å². The lowest BCUT2D eigenvalue weighted by Gasteiger charge is -2.06. The van der Waals surface area contributed by atoms with E-state index in [2.05, 4.69) is 20.5 Å². The molecule has 132 valence electrons. The van der Waals surface area contributed by atoms with Crippen molar-refractivity contribution in [2.24, 2.45) is 5.10 Å². The van der Waals surface area contributed by atoms with Crippen LogP contribution in [0.3, 0.4) is 0 Å². The van der Waals surface area contributed by atoms with Gasteiger partial charge in [-0.1, -0.05) is 41.9 Å². The number of aromatic nitrogens is 2. The molecule has 3 rings (SSSR count). The van der Waals surface area contributed by atoms with Crippen LogP contribution in [0.4, 0.5) is 5.82 Å². The quantitative estimate of drug-likeness (QED) is 0.384. The number of aromatic hydroxyl groups is 1. The average Bonchev–Trinajstić information content (AvgIpc) is 2.64. The van der Waals surface area contributed by atoms with Gasteiger partial charge in [-0.15, -0.1) is 0 Å². The van der Waals surface area contributed by atoms with Gasteiger partial charge in [0.25, 0.3) is 0 Å². The molecule has 0 saturated heterocycles. The van der Waals surface area contributed by atoms with Crippen LogP contribution in [0, 0.1) is 0 Å². The Morgan fingerprint density at radius 1 is 1.15 bits per heavy atom. The Morgan fingerprint density at radius 3 is 2.69 bits per heavy atom. The molecule has 0 fully saturated rings. The number of hydrogen-bond donors (Lipinski definition) is 2. The van der Waals surface area contributed by atoms with Gasteiger partial charge in [-0.2, -0.15) is 5.10 Å². The van der Waals surface area contributed by atoms with Crippen LogP contribution in [-0.2, 0) is 0 Å². The summed E-state index contributed by atoms with van der Waals surface area (Å²) in [6.07, 6.45) is 1.49. The molecule has 0 saturated carbocycles. The first kappa shape index (κ1) is 17.7. The van der Waals surface area contributed by atoms with Crippen LogP contribution in [0.15, 0.2) is 59.7 Å². The third-order valence-corrected chi connectivity index (χ3v) is 3.62. The van der Waals surface area contributed by atoms with E-state index in [9.17, 15) is 5.11 Å². The molecule has 1 heterocycles. The summed E-state index contributed by atoms with van der Waals surface area (Å²) in [6.45, 7) is 2.42. The summed E-state index contributed by atoms with van der Waals surface area (Å²) in [7, 11) is 0. The van der Waals surface area contributed by atoms with E-state index >= 15 is 0 Å². The van der Waals surface area contributed by atoms with E-state index in [1.807, 2.05) is 37.3 Å². The van der Waals surface area contributed by atoms with E-state index in [4.69, 9.17) is 16.3 Å². The van der Waals surface area contributed by atoms with Crippen molar-refractivity contribution in [1.82, 2.24) is 9.97 Å². The fourth-order valence-corrected chi connectivity index (χ4v) is 2.43. The molecular weight excluding hydrogens is 352 g/mol. The number of halogens is 1. The second kappa shape index (κ2) is 8.31. The summed E-state index contributed by atoms with van der Waals surface area (Å²) >= 11 is 6.07. The van der Waals surface area contributed by atoms with E-state index in [1.165, 1.54) is 6.21 Å².